The monoisotopic (exact) mass is 414 g/mol. The number of nitrogens with zero attached hydrogens (tertiary/aromatic N) is 4. The minimum atomic E-state index is -0.279. The van der Waals surface area contributed by atoms with Crippen LogP contribution in [-0.2, 0) is 11.2 Å². The molecular weight excluding hydrogens is 392 g/mol. The maximum atomic E-state index is 13.4. The van der Waals surface area contributed by atoms with E-state index >= 15 is 0 Å². The summed E-state index contributed by atoms with van der Waals surface area (Å²) < 4.78 is 1.03. The van der Waals surface area contributed by atoms with Crippen LogP contribution in [0.15, 0.2) is 41.1 Å². The maximum absolute atomic E-state index is 13.4. The molecule has 1 saturated heterocycles. The molecule has 1 fully saturated rings. The highest BCUT2D eigenvalue weighted by Crippen LogP contribution is 2.39. The first-order valence-corrected chi connectivity index (χ1v) is 9.95. The van der Waals surface area contributed by atoms with E-state index in [1.165, 1.54) is 6.42 Å². The summed E-state index contributed by atoms with van der Waals surface area (Å²) in [5.41, 5.74) is 2.18. The molecule has 2 aliphatic rings. The summed E-state index contributed by atoms with van der Waals surface area (Å²) in [7, 11) is 0. The van der Waals surface area contributed by atoms with Crippen LogP contribution in [0.25, 0.3) is 0 Å². The predicted molar refractivity (Wildman–Crippen MR) is 105 cm³/mol. The average molecular weight is 415 g/mol. The summed E-state index contributed by atoms with van der Waals surface area (Å²) in [5, 5.41) is 0. The molecule has 0 saturated carbocycles. The van der Waals surface area contributed by atoms with Gasteiger partial charge in [0.15, 0.2) is 0 Å². The number of rotatable bonds is 2. The number of carbonyl (C=O) groups excluding carboxylic acids is 1. The zero-order chi connectivity index (χ0) is 18.3. The molecule has 3 atom stereocenters. The third-order valence-corrected chi connectivity index (χ3v) is 5.75. The molecule has 26 heavy (non-hydrogen) atoms. The van der Waals surface area contributed by atoms with Gasteiger partial charge in [0, 0.05) is 42.1 Å². The van der Waals surface area contributed by atoms with Crippen LogP contribution in [0, 0.1) is 11.8 Å². The minimum absolute atomic E-state index is 0.183. The number of aromatic nitrogens is 2. The van der Waals surface area contributed by atoms with Gasteiger partial charge in [-0.15, -0.1) is 0 Å². The molecule has 1 aromatic carbocycles. The fraction of sp³-hybridized carbons (Fsp3) is 0.450. The van der Waals surface area contributed by atoms with Crippen molar-refractivity contribution in [2.24, 2.45) is 11.8 Å². The largest absolute Gasteiger partial charge is 0.340 e. The predicted octanol–water partition coefficient (Wildman–Crippen LogP) is 3.81. The van der Waals surface area contributed by atoms with Crippen molar-refractivity contribution in [2.45, 2.75) is 32.7 Å². The smallest absolute Gasteiger partial charge is 0.246 e. The van der Waals surface area contributed by atoms with Gasteiger partial charge < -0.3 is 4.90 Å². The first-order chi connectivity index (χ1) is 12.5. The van der Waals surface area contributed by atoms with Gasteiger partial charge in [0.05, 0.1) is 0 Å². The van der Waals surface area contributed by atoms with Crippen molar-refractivity contribution in [2.75, 3.05) is 18.0 Å². The average Bonchev–Trinajstić information content (AvgIpc) is 2.99. The molecule has 0 bridgehead atoms. The Labute approximate surface area is 162 Å². The van der Waals surface area contributed by atoms with Gasteiger partial charge in [-0.3, -0.25) is 9.69 Å². The zero-order valence-corrected chi connectivity index (χ0v) is 16.7. The van der Waals surface area contributed by atoms with E-state index in [1.807, 2.05) is 21.9 Å². The molecular formula is C20H23BrN4O. The van der Waals surface area contributed by atoms with Crippen molar-refractivity contribution >= 4 is 33.5 Å². The van der Waals surface area contributed by atoms with Gasteiger partial charge in [-0.1, -0.05) is 29.8 Å². The Balaban J connectivity index is 1.69. The van der Waals surface area contributed by atoms with Crippen LogP contribution in [0.4, 0.5) is 11.6 Å². The van der Waals surface area contributed by atoms with E-state index in [-0.39, 0.29) is 11.9 Å². The van der Waals surface area contributed by atoms with E-state index in [0.717, 1.165) is 28.8 Å². The van der Waals surface area contributed by atoms with Crippen LogP contribution in [0.1, 0.15) is 25.8 Å². The third kappa shape index (κ3) is 3.22. The van der Waals surface area contributed by atoms with Crippen LogP contribution in [0.3, 0.4) is 0 Å². The van der Waals surface area contributed by atoms with Gasteiger partial charge in [-0.2, -0.15) is 0 Å². The minimum Gasteiger partial charge on any atom is -0.340 e. The Morgan fingerprint density at radius 3 is 2.54 bits per heavy atom. The standard InChI is InChI=1S/C20H23BrN4O/c1-13-8-14(2)12-24(11-13)19(26)18-10-15-9-16(21)4-5-17(15)25(18)20-22-6-3-7-23-20/h3-7,9,13-14,18H,8,10-12H2,1-2H3/t13?,14?,18-/m0/s1. The van der Waals surface area contributed by atoms with E-state index < -0.39 is 0 Å². The molecule has 6 heteroatoms. The molecule has 0 aliphatic carbocycles. The molecule has 0 radical (unpaired) electrons. The molecule has 1 aromatic heterocycles. The fourth-order valence-corrected chi connectivity index (χ4v) is 4.74. The summed E-state index contributed by atoms with van der Waals surface area (Å²) in [4.78, 5) is 26.3. The quantitative estimate of drug-likeness (QED) is 0.749. The molecule has 2 aliphatic heterocycles. The van der Waals surface area contributed by atoms with Gasteiger partial charge in [0.1, 0.15) is 6.04 Å². The van der Waals surface area contributed by atoms with Gasteiger partial charge in [0.25, 0.3) is 0 Å². The number of carbonyl (C=O) groups is 1. The lowest BCUT2D eigenvalue weighted by Crippen LogP contribution is -2.51. The SMILES string of the molecule is CC1CC(C)CN(C(=O)[C@@H]2Cc3cc(Br)ccc3N2c2ncccn2)C1. The van der Waals surface area contributed by atoms with Crippen LogP contribution in [-0.4, -0.2) is 39.9 Å². The second kappa shape index (κ2) is 6.99. The van der Waals surface area contributed by atoms with Gasteiger partial charge >= 0.3 is 0 Å². The molecule has 2 unspecified atom stereocenters. The Morgan fingerprint density at radius 1 is 1.15 bits per heavy atom. The van der Waals surface area contributed by atoms with Gasteiger partial charge in [0.2, 0.25) is 11.9 Å². The number of benzene rings is 1. The van der Waals surface area contributed by atoms with E-state index in [9.17, 15) is 4.79 Å². The van der Waals surface area contributed by atoms with Crippen molar-refractivity contribution in [1.82, 2.24) is 14.9 Å². The molecule has 1 amide bonds. The van der Waals surface area contributed by atoms with Crippen molar-refractivity contribution in [3.05, 3.63) is 46.7 Å². The first kappa shape index (κ1) is 17.5. The van der Waals surface area contributed by atoms with E-state index in [0.29, 0.717) is 24.2 Å². The van der Waals surface area contributed by atoms with Crippen LogP contribution >= 0.6 is 15.9 Å². The molecule has 4 rings (SSSR count). The van der Waals surface area contributed by atoms with Gasteiger partial charge in [-0.25, -0.2) is 9.97 Å². The Bertz CT molecular complexity index is 803. The lowest BCUT2D eigenvalue weighted by molar-refractivity contribution is -0.135. The van der Waals surface area contributed by atoms with Crippen molar-refractivity contribution in [3.8, 4) is 0 Å². The van der Waals surface area contributed by atoms with E-state index in [4.69, 9.17) is 0 Å². The topological polar surface area (TPSA) is 49.3 Å². The Kier molecular flexibility index (Phi) is 4.69. The number of anilines is 2. The summed E-state index contributed by atoms with van der Waals surface area (Å²) in [6, 6.07) is 7.67. The Hall–Kier alpha value is -1.95. The van der Waals surface area contributed by atoms with Crippen LogP contribution in [0.2, 0.25) is 0 Å². The van der Waals surface area contributed by atoms with E-state index in [1.54, 1.807) is 18.5 Å². The number of likely N-dealkylation sites (tertiary alicyclic amines) is 1. The highest BCUT2D eigenvalue weighted by atomic mass is 79.9. The zero-order valence-electron chi connectivity index (χ0n) is 15.1. The van der Waals surface area contributed by atoms with Crippen LogP contribution in [0.5, 0.6) is 0 Å². The summed E-state index contributed by atoms with van der Waals surface area (Å²) in [6.07, 6.45) is 5.33. The highest BCUT2D eigenvalue weighted by molar-refractivity contribution is 9.10. The number of hydrogen-bond acceptors (Lipinski definition) is 4. The molecule has 0 N–H and O–H groups in total. The summed E-state index contributed by atoms with van der Waals surface area (Å²) in [6.45, 7) is 6.13. The lowest BCUT2D eigenvalue weighted by Gasteiger charge is -2.38. The second-order valence-electron chi connectivity index (χ2n) is 7.60. The fourth-order valence-electron chi connectivity index (χ4n) is 4.33. The molecule has 5 nitrogen and oxygen atoms in total. The molecule has 2 aromatic rings. The second-order valence-corrected chi connectivity index (χ2v) is 8.52. The number of amides is 1. The third-order valence-electron chi connectivity index (χ3n) is 5.26. The normalized spacial score (nSPS) is 25.3. The van der Waals surface area contributed by atoms with E-state index in [2.05, 4.69) is 45.8 Å². The molecule has 0 spiro atoms. The highest BCUT2D eigenvalue weighted by Gasteiger charge is 2.40. The first-order valence-electron chi connectivity index (χ1n) is 9.16. The summed E-state index contributed by atoms with van der Waals surface area (Å²) >= 11 is 3.55. The van der Waals surface area contributed by atoms with Crippen molar-refractivity contribution in [3.63, 3.8) is 0 Å². The lowest BCUT2D eigenvalue weighted by atomic mass is 9.91. The number of hydrogen-bond donors (Lipinski definition) is 0. The van der Waals surface area contributed by atoms with Crippen molar-refractivity contribution in [1.29, 1.82) is 0 Å². The number of piperidine rings is 1. The maximum Gasteiger partial charge on any atom is 0.246 e. The van der Waals surface area contributed by atoms with Crippen molar-refractivity contribution < 1.29 is 4.79 Å². The molecule has 3 heterocycles. The number of fused-ring (bicyclic) bond motifs is 1. The number of halogens is 1. The summed E-state index contributed by atoms with van der Waals surface area (Å²) in [5.74, 6) is 1.86. The molecule has 136 valence electrons. The van der Waals surface area contributed by atoms with Gasteiger partial charge in [-0.05, 0) is 48.1 Å². The van der Waals surface area contributed by atoms with Crippen LogP contribution < -0.4 is 4.90 Å². The Morgan fingerprint density at radius 2 is 1.85 bits per heavy atom.